The number of alkyl halides is 1. The van der Waals surface area contributed by atoms with Crippen molar-refractivity contribution in [3.05, 3.63) is 21.9 Å². The molecule has 5 heteroatoms. The number of thiophene rings is 1. The van der Waals surface area contributed by atoms with Crippen LogP contribution in [0.25, 0.3) is 0 Å². The van der Waals surface area contributed by atoms with Gasteiger partial charge in [-0.15, -0.1) is 11.3 Å². The molecule has 0 aromatic carbocycles. The normalized spacial score (nSPS) is 18.6. The van der Waals surface area contributed by atoms with Crippen molar-refractivity contribution >= 4 is 33.2 Å². The summed E-state index contributed by atoms with van der Waals surface area (Å²) in [4.78, 5) is 14.3. The van der Waals surface area contributed by atoms with Crippen LogP contribution in [0.15, 0.2) is 12.1 Å². The molecule has 0 saturated carbocycles. The molecule has 0 atom stereocenters. The van der Waals surface area contributed by atoms with E-state index in [4.69, 9.17) is 4.74 Å². The smallest absolute Gasteiger partial charge is 0.261 e. The highest BCUT2D eigenvalue weighted by Crippen LogP contribution is 2.25. The maximum Gasteiger partial charge on any atom is 0.261 e. The molecular weight excluding hydrogens is 314 g/mol. The van der Waals surface area contributed by atoms with E-state index in [0.717, 1.165) is 42.7 Å². The summed E-state index contributed by atoms with van der Waals surface area (Å²) >= 11 is 5.10. The second-order valence-electron chi connectivity index (χ2n) is 4.60. The molecule has 1 amide bonds. The van der Waals surface area contributed by atoms with Gasteiger partial charge in [0, 0.05) is 23.4 Å². The molecule has 100 valence electrons. The summed E-state index contributed by atoms with van der Waals surface area (Å²) in [5.74, 6) is 0.0426. The van der Waals surface area contributed by atoms with Crippen molar-refractivity contribution in [1.82, 2.24) is 5.32 Å². The molecule has 2 heterocycles. The van der Waals surface area contributed by atoms with Crippen molar-refractivity contribution in [2.24, 2.45) is 0 Å². The van der Waals surface area contributed by atoms with Gasteiger partial charge < -0.3 is 10.1 Å². The minimum absolute atomic E-state index is 0.0426. The van der Waals surface area contributed by atoms with Crippen molar-refractivity contribution < 1.29 is 9.53 Å². The van der Waals surface area contributed by atoms with Gasteiger partial charge in [-0.2, -0.15) is 0 Å². The van der Waals surface area contributed by atoms with Crippen molar-refractivity contribution in [3.8, 4) is 0 Å². The quantitative estimate of drug-likeness (QED) is 0.861. The molecule has 1 saturated heterocycles. The first-order valence-corrected chi connectivity index (χ1v) is 8.18. The molecule has 3 nitrogen and oxygen atoms in total. The molecule has 0 aliphatic carbocycles. The van der Waals surface area contributed by atoms with Crippen LogP contribution < -0.4 is 5.32 Å². The van der Waals surface area contributed by atoms with Gasteiger partial charge in [0.2, 0.25) is 0 Å². The molecule has 0 unspecified atom stereocenters. The summed E-state index contributed by atoms with van der Waals surface area (Å²) in [6.45, 7) is 3.54. The molecule has 0 bridgehead atoms. The lowest BCUT2D eigenvalue weighted by Gasteiger charge is -2.36. The fourth-order valence-electron chi connectivity index (χ4n) is 2.05. The first-order chi connectivity index (χ1) is 8.69. The Morgan fingerprint density at radius 1 is 1.50 bits per heavy atom. The van der Waals surface area contributed by atoms with Crippen molar-refractivity contribution in [2.75, 3.05) is 18.5 Å². The fraction of sp³-hybridized carbons (Fsp3) is 0.615. The van der Waals surface area contributed by atoms with Crippen LogP contribution >= 0.6 is 27.3 Å². The molecule has 1 aliphatic heterocycles. The molecule has 18 heavy (non-hydrogen) atoms. The van der Waals surface area contributed by atoms with Crippen LogP contribution in [0, 0.1) is 0 Å². The Morgan fingerprint density at radius 3 is 2.78 bits per heavy atom. The lowest BCUT2D eigenvalue weighted by atomic mass is 9.92. The second-order valence-corrected chi connectivity index (χ2v) is 6.33. The number of hydrogen-bond donors (Lipinski definition) is 1. The average Bonchev–Trinajstić information content (AvgIpc) is 2.88. The Kier molecular flexibility index (Phi) is 4.81. The molecule has 1 aliphatic rings. The van der Waals surface area contributed by atoms with Crippen LogP contribution in [0.3, 0.4) is 0 Å². The minimum atomic E-state index is -0.147. The zero-order chi connectivity index (χ0) is 13.0. The third-order valence-electron chi connectivity index (χ3n) is 3.32. The van der Waals surface area contributed by atoms with E-state index in [1.165, 1.54) is 4.88 Å². The molecule has 2 rings (SSSR count). The zero-order valence-corrected chi connectivity index (χ0v) is 12.9. The Labute approximate surface area is 120 Å². The van der Waals surface area contributed by atoms with E-state index in [1.807, 2.05) is 12.1 Å². The molecule has 1 fully saturated rings. The largest absolute Gasteiger partial charge is 0.381 e. The number of hydrogen-bond acceptors (Lipinski definition) is 3. The third-order valence-corrected chi connectivity index (χ3v) is 5.62. The van der Waals surface area contributed by atoms with Gasteiger partial charge in [0.05, 0.1) is 10.4 Å². The molecule has 1 N–H and O–H groups in total. The van der Waals surface area contributed by atoms with E-state index in [0.29, 0.717) is 0 Å². The number of aryl methyl sites for hydroxylation is 1. The zero-order valence-electron chi connectivity index (χ0n) is 10.5. The van der Waals surface area contributed by atoms with Crippen LogP contribution in [0.2, 0.25) is 0 Å². The Balaban J connectivity index is 2.04. The van der Waals surface area contributed by atoms with Gasteiger partial charge in [0.1, 0.15) is 0 Å². The lowest BCUT2D eigenvalue weighted by molar-refractivity contribution is 0.0443. The monoisotopic (exact) mass is 331 g/mol. The van der Waals surface area contributed by atoms with Gasteiger partial charge >= 0.3 is 0 Å². The number of carbonyl (C=O) groups is 1. The van der Waals surface area contributed by atoms with E-state index < -0.39 is 0 Å². The summed E-state index contributed by atoms with van der Waals surface area (Å²) in [5.41, 5.74) is -0.147. The summed E-state index contributed by atoms with van der Waals surface area (Å²) < 4.78 is 5.37. The van der Waals surface area contributed by atoms with Gasteiger partial charge in [0.15, 0.2) is 0 Å². The van der Waals surface area contributed by atoms with E-state index in [1.54, 1.807) is 11.3 Å². The number of carbonyl (C=O) groups excluding carboxylic acids is 1. The Morgan fingerprint density at radius 2 is 2.22 bits per heavy atom. The Hall–Kier alpha value is -0.390. The summed E-state index contributed by atoms with van der Waals surface area (Å²) in [6, 6.07) is 3.95. The van der Waals surface area contributed by atoms with Crippen molar-refractivity contribution in [1.29, 1.82) is 0 Å². The molecule has 1 aromatic rings. The maximum absolute atomic E-state index is 12.2. The number of ether oxygens (including phenoxy) is 1. The molecular formula is C13H18BrNO2S. The average molecular weight is 332 g/mol. The van der Waals surface area contributed by atoms with Crippen LogP contribution in [0.5, 0.6) is 0 Å². The van der Waals surface area contributed by atoms with E-state index >= 15 is 0 Å². The third kappa shape index (κ3) is 3.13. The number of rotatable bonds is 4. The highest BCUT2D eigenvalue weighted by atomic mass is 79.9. The SMILES string of the molecule is CCc1ccc(C(=O)NC2(CBr)CCOCC2)s1. The number of nitrogens with one attached hydrogen (secondary N) is 1. The van der Waals surface area contributed by atoms with Crippen LogP contribution in [0.1, 0.15) is 34.3 Å². The highest BCUT2D eigenvalue weighted by Gasteiger charge is 2.33. The van der Waals surface area contributed by atoms with Crippen LogP contribution in [-0.2, 0) is 11.2 Å². The van der Waals surface area contributed by atoms with Crippen LogP contribution in [-0.4, -0.2) is 30.0 Å². The topological polar surface area (TPSA) is 38.3 Å². The minimum Gasteiger partial charge on any atom is -0.381 e. The number of amides is 1. The van der Waals surface area contributed by atoms with Crippen molar-refractivity contribution in [3.63, 3.8) is 0 Å². The van der Waals surface area contributed by atoms with Crippen LogP contribution in [0.4, 0.5) is 0 Å². The van der Waals surface area contributed by atoms with Gasteiger partial charge in [0.25, 0.3) is 5.91 Å². The molecule has 0 radical (unpaired) electrons. The second kappa shape index (κ2) is 6.17. The van der Waals surface area contributed by atoms with Gasteiger partial charge in [-0.05, 0) is 31.4 Å². The summed E-state index contributed by atoms with van der Waals surface area (Å²) in [7, 11) is 0. The van der Waals surface area contributed by atoms with E-state index in [9.17, 15) is 4.79 Å². The summed E-state index contributed by atoms with van der Waals surface area (Å²) in [5, 5.41) is 3.96. The molecule has 0 spiro atoms. The highest BCUT2D eigenvalue weighted by molar-refractivity contribution is 9.09. The van der Waals surface area contributed by atoms with Crippen molar-refractivity contribution in [2.45, 2.75) is 31.7 Å². The molecule has 1 aromatic heterocycles. The standard InChI is InChI=1S/C13H18BrNO2S/c1-2-10-3-4-11(18-10)12(16)15-13(9-14)5-7-17-8-6-13/h3-4H,2,5-9H2,1H3,(H,15,16). The lowest BCUT2D eigenvalue weighted by Crippen LogP contribution is -2.53. The predicted octanol–water partition coefficient (Wildman–Crippen LogP) is 2.98. The summed E-state index contributed by atoms with van der Waals surface area (Å²) in [6.07, 6.45) is 2.72. The maximum atomic E-state index is 12.2. The predicted molar refractivity (Wildman–Crippen MR) is 77.7 cm³/mol. The van der Waals surface area contributed by atoms with Gasteiger partial charge in [-0.3, -0.25) is 4.79 Å². The first kappa shape index (κ1) is 14.0. The fourth-order valence-corrected chi connectivity index (χ4v) is 3.59. The first-order valence-electron chi connectivity index (χ1n) is 6.24. The van der Waals surface area contributed by atoms with Gasteiger partial charge in [-0.1, -0.05) is 22.9 Å². The van der Waals surface area contributed by atoms with E-state index in [-0.39, 0.29) is 11.4 Å². The van der Waals surface area contributed by atoms with Gasteiger partial charge in [-0.25, -0.2) is 0 Å². The Bertz CT molecular complexity index is 413. The number of halogens is 1. The van der Waals surface area contributed by atoms with E-state index in [2.05, 4.69) is 28.2 Å².